The molecule has 0 aliphatic heterocycles. The van der Waals surface area contributed by atoms with E-state index in [2.05, 4.69) is 29.6 Å². The summed E-state index contributed by atoms with van der Waals surface area (Å²) in [6.45, 7) is 2.86. The summed E-state index contributed by atoms with van der Waals surface area (Å²) >= 11 is 0. The number of nitrogens with one attached hydrogen (secondary N) is 1. The van der Waals surface area contributed by atoms with E-state index in [0.717, 1.165) is 11.1 Å². The third kappa shape index (κ3) is 4.28. The van der Waals surface area contributed by atoms with Crippen LogP contribution in [0.15, 0.2) is 72.8 Å². The van der Waals surface area contributed by atoms with E-state index in [4.69, 9.17) is 4.74 Å². The molecule has 0 saturated heterocycles. The highest BCUT2D eigenvalue weighted by Crippen LogP contribution is 2.44. The Bertz CT molecular complexity index is 1010. The van der Waals surface area contributed by atoms with Gasteiger partial charge < -0.3 is 10.1 Å². The molecule has 1 N–H and O–H groups in total. The van der Waals surface area contributed by atoms with Crippen LogP contribution in [0.4, 0.5) is 0 Å². The SMILES string of the molecule is CCNC(=O)Cc1ccc(CC(=O)OCC2c3ccccc3-c3ccccc32)cc1. The van der Waals surface area contributed by atoms with Gasteiger partial charge in [-0.1, -0.05) is 72.8 Å². The summed E-state index contributed by atoms with van der Waals surface area (Å²) in [6.07, 6.45) is 0.566. The maximum atomic E-state index is 12.5. The predicted molar refractivity (Wildman–Crippen MR) is 117 cm³/mol. The van der Waals surface area contributed by atoms with Crippen LogP contribution in [0.2, 0.25) is 0 Å². The van der Waals surface area contributed by atoms with Crippen LogP contribution in [0.3, 0.4) is 0 Å². The van der Waals surface area contributed by atoms with Gasteiger partial charge in [-0.15, -0.1) is 0 Å². The van der Waals surface area contributed by atoms with Crippen molar-refractivity contribution in [2.75, 3.05) is 13.2 Å². The molecular weight excluding hydrogens is 374 g/mol. The standard InChI is InChI=1S/C26H25NO3/c1-2-27-25(28)15-18-11-13-19(14-12-18)16-26(29)30-17-24-22-9-5-3-7-20(22)21-8-4-6-10-23(21)24/h3-14,24H,2,15-17H2,1H3,(H,27,28). The number of hydrogen-bond acceptors (Lipinski definition) is 3. The van der Waals surface area contributed by atoms with E-state index in [1.807, 2.05) is 55.5 Å². The zero-order chi connectivity index (χ0) is 20.9. The second kappa shape index (κ2) is 8.95. The minimum absolute atomic E-state index is 0.00165. The van der Waals surface area contributed by atoms with Crippen molar-refractivity contribution in [3.8, 4) is 11.1 Å². The Morgan fingerprint density at radius 3 is 1.90 bits per heavy atom. The lowest BCUT2D eigenvalue weighted by Gasteiger charge is -2.14. The molecule has 1 aliphatic carbocycles. The molecule has 0 aromatic heterocycles. The maximum Gasteiger partial charge on any atom is 0.310 e. The van der Waals surface area contributed by atoms with Gasteiger partial charge in [0.15, 0.2) is 0 Å². The number of esters is 1. The van der Waals surface area contributed by atoms with Gasteiger partial charge in [-0.25, -0.2) is 0 Å². The number of hydrogen-bond donors (Lipinski definition) is 1. The van der Waals surface area contributed by atoms with Gasteiger partial charge in [-0.2, -0.15) is 0 Å². The summed E-state index contributed by atoms with van der Waals surface area (Å²) in [4.78, 5) is 24.1. The average molecular weight is 399 g/mol. The number of ether oxygens (including phenoxy) is 1. The summed E-state index contributed by atoms with van der Waals surface area (Å²) in [5.41, 5.74) is 6.67. The van der Waals surface area contributed by atoms with E-state index in [9.17, 15) is 9.59 Å². The van der Waals surface area contributed by atoms with Gasteiger partial charge in [0, 0.05) is 12.5 Å². The summed E-state index contributed by atoms with van der Waals surface area (Å²) in [7, 11) is 0. The fourth-order valence-electron chi connectivity index (χ4n) is 4.05. The van der Waals surface area contributed by atoms with Crippen molar-refractivity contribution >= 4 is 11.9 Å². The molecule has 0 atom stereocenters. The highest BCUT2D eigenvalue weighted by atomic mass is 16.5. The van der Waals surface area contributed by atoms with Gasteiger partial charge in [0.05, 0.1) is 12.8 Å². The average Bonchev–Trinajstić information content (AvgIpc) is 3.08. The fourth-order valence-corrected chi connectivity index (χ4v) is 4.05. The smallest absolute Gasteiger partial charge is 0.310 e. The van der Waals surface area contributed by atoms with E-state index < -0.39 is 0 Å². The molecule has 152 valence electrons. The van der Waals surface area contributed by atoms with Crippen LogP contribution in [0.1, 0.15) is 35.1 Å². The zero-order valence-corrected chi connectivity index (χ0v) is 17.1. The predicted octanol–water partition coefficient (Wildman–Crippen LogP) is 4.26. The van der Waals surface area contributed by atoms with Crippen molar-refractivity contribution in [3.63, 3.8) is 0 Å². The lowest BCUT2D eigenvalue weighted by Crippen LogP contribution is -2.24. The monoisotopic (exact) mass is 399 g/mol. The van der Waals surface area contributed by atoms with Crippen LogP contribution in [0.25, 0.3) is 11.1 Å². The van der Waals surface area contributed by atoms with E-state index in [1.165, 1.54) is 22.3 Å². The topological polar surface area (TPSA) is 55.4 Å². The first-order chi connectivity index (χ1) is 14.7. The number of benzene rings is 3. The number of carbonyl (C=O) groups excluding carboxylic acids is 2. The maximum absolute atomic E-state index is 12.5. The Morgan fingerprint density at radius 2 is 1.33 bits per heavy atom. The Balaban J connectivity index is 1.37. The quantitative estimate of drug-likeness (QED) is 0.604. The largest absolute Gasteiger partial charge is 0.464 e. The van der Waals surface area contributed by atoms with E-state index in [1.54, 1.807) is 0 Å². The van der Waals surface area contributed by atoms with Crippen molar-refractivity contribution in [2.45, 2.75) is 25.7 Å². The molecule has 1 aliphatic rings. The molecule has 4 heteroatoms. The van der Waals surface area contributed by atoms with Crippen molar-refractivity contribution in [2.24, 2.45) is 0 Å². The molecule has 3 aromatic carbocycles. The molecule has 1 amide bonds. The van der Waals surface area contributed by atoms with Gasteiger partial charge in [0.2, 0.25) is 5.91 Å². The molecule has 0 unspecified atom stereocenters. The molecule has 0 fully saturated rings. The third-order valence-corrected chi connectivity index (χ3v) is 5.48. The molecule has 0 radical (unpaired) electrons. The molecule has 4 nitrogen and oxygen atoms in total. The molecule has 0 spiro atoms. The highest BCUT2D eigenvalue weighted by molar-refractivity contribution is 5.80. The van der Waals surface area contributed by atoms with Gasteiger partial charge in [-0.05, 0) is 40.3 Å². The van der Waals surface area contributed by atoms with Crippen LogP contribution < -0.4 is 5.32 Å². The van der Waals surface area contributed by atoms with Gasteiger partial charge in [0.25, 0.3) is 0 Å². The van der Waals surface area contributed by atoms with E-state index in [-0.39, 0.29) is 24.2 Å². The molecule has 0 bridgehead atoms. The van der Waals surface area contributed by atoms with E-state index >= 15 is 0 Å². The van der Waals surface area contributed by atoms with Crippen molar-refractivity contribution in [1.82, 2.24) is 5.32 Å². The minimum atomic E-state index is -0.242. The second-order valence-corrected chi connectivity index (χ2v) is 7.53. The minimum Gasteiger partial charge on any atom is -0.464 e. The first kappa shape index (κ1) is 19.9. The Hall–Kier alpha value is -3.40. The molecular formula is C26H25NO3. The lowest BCUT2D eigenvalue weighted by molar-refractivity contribution is -0.143. The van der Waals surface area contributed by atoms with Crippen molar-refractivity contribution < 1.29 is 14.3 Å². The number of fused-ring (bicyclic) bond motifs is 3. The highest BCUT2D eigenvalue weighted by Gasteiger charge is 2.28. The number of likely N-dealkylation sites (N-methyl/N-ethyl adjacent to an activating group) is 1. The lowest BCUT2D eigenvalue weighted by atomic mass is 9.98. The first-order valence-corrected chi connectivity index (χ1v) is 10.3. The molecule has 30 heavy (non-hydrogen) atoms. The van der Waals surface area contributed by atoms with Crippen LogP contribution in [0, 0.1) is 0 Å². The summed E-state index contributed by atoms with van der Waals surface area (Å²) in [5.74, 6) is -0.170. The van der Waals surface area contributed by atoms with Crippen LogP contribution in [0.5, 0.6) is 0 Å². The number of amides is 1. The van der Waals surface area contributed by atoms with Crippen LogP contribution in [-0.2, 0) is 27.2 Å². The summed E-state index contributed by atoms with van der Waals surface area (Å²) < 4.78 is 5.67. The summed E-state index contributed by atoms with van der Waals surface area (Å²) in [6, 6.07) is 24.2. The van der Waals surface area contributed by atoms with Crippen molar-refractivity contribution in [3.05, 3.63) is 95.1 Å². The van der Waals surface area contributed by atoms with Crippen molar-refractivity contribution in [1.29, 1.82) is 0 Å². The van der Waals surface area contributed by atoms with Gasteiger partial charge in [-0.3, -0.25) is 9.59 Å². The normalized spacial score (nSPS) is 12.2. The summed E-state index contributed by atoms with van der Waals surface area (Å²) in [5, 5.41) is 2.79. The van der Waals surface area contributed by atoms with Crippen LogP contribution >= 0.6 is 0 Å². The molecule has 0 heterocycles. The molecule has 3 aromatic rings. The molecule has 4 rings (SSSR count). The molecule has 0 saturated carbocycles. The Kier molecular flexibility index (Phi) is 5.94. The number of carbonyl (C=O) groups is 2. The number of rotatable bonds is 7. The third-order valence-electron chi connectivity index (χ3n) is 5.48. The van der Waals surface area contributed by atoms with Crippen LogP contribution in [-0.4, -0.2) is 25.0 Å². The van der Waals surface area contributed by atoms with E-state index in [0.29, 0.717) is 19.6 Å². The second-order valence-electron chi connectivity index (χ2n) is 7.53. The first-order valence-electron chi connectivity index (χ1n) is 10.3. The van der Waals surface area contributed by atoms with Gasteiger partial charge in [0.1, 0.15) is 6.61 Å². The fraction of sp³-hybridized carbons (Fsp3) is 0.231. The zero-order valence-electron chi connectivity index (χ0n) is 17.1. The Labute approximate surface area is 176 Å². The van der Waals surface area contributed by atoms with Gasteiger partial charge >= 0.3 is 5.97 Å². The Morgan fingerprint density at radius 1 is 0.800 bits per heavy atom.